The van der Waals surface area contributed by atoms with Crippen molar-refractivity contribution in [2.24, 2.45) is 5.92 Å². The normalized spacial score (nSPS) is 16.3. The lowest BCUT2D eigenvalue weighted by atomic mass is 9.87. The van der Waals surface area contributed by atoms with E-state index in [1.807, 2.05) is 49.4 Å². The van der Waals surface area contributed by atoms with Crippen LogP contribution in [0.3, 0.4) is 0 Å². The second-order valence-electron chi connectivity index (χ2n) is 10.1. The molecule has 2 aliphatic heterocycles. The molecule has 6 rings (SSSR count). The van der Waals surface area contributed by atoms with E-state index >= 15 is 0 Å². The maximum atomic E-state index is 14.0. The number of halogens is 2. The van der Waals surface area contributed by atoms with Gasteiger partial charge >= 0.3 is 0 Å². The topological polar surface area (TPSA) is 76.8 Å². The van der Waals surface area contributed by atoms with Crippen LogP contribution in [0.5, 0.6) is 5.88 Å². The fourth-order valence-electron chi connectivity index (χ4n) is 5.49. The number of benzene rings is 2. The van der Waals surface area contributed by atoms with Crippen molar-refractivity contribution in [2.75, 3.05) is 26.7 Å². The van der Waals surface area contributed by atoms with Crippen molar-refractivity contribution in [2.45, 2.75) is 32.6 Å². The SMILES string of the molecule is COC(c1cc(Cl)c2c(c1Cl)C(=O)N(Cc1c(OCc3ccccc3)nc(C)c3ccoc13)CC2)C1CNC1. The minimum absolute atomic E-state index is 0.180. The highest BCUT2D eigenvalue weighted by molar-refractivity contribution is 6.37. The zero-order valence-corrected chi connectivity index (χ0v) is 23.3. The molecule has 9 heteroatoms. The Morgan fingerprint density at radius 3 is 2.72 bits per heavy atom. The average Bonchev–Trinajstić information content (AvgIpc) is 3.41. The molecule has 0 bridgehead atoms. The maximum absolute atomic E-state index is 14.0. The number of amides is 1. The Labute approximate surface area is 237 Å². The van der Waals surface area contributed by atoms with Crippen LogP contribution in [0.1, 0.15) is 44.4 Å². The van der Waals surface area contributed by atoms with E-state index in [2.05, 4.69) is 5.32 Å². The molecule has 4 aromatic rings. The number of hydrogen-bond donors (Lipinski definition) is 1. The van der Waals surface area contributed by atoms with Crippen LogP contribution in [-0.2, 0) is 24.3 Å². The van der Waals surface area contributed by atoms with Crippen molar-refractivity contribution in [1.82, 2.24) is 15.2 Å². The van der Waals surface area contributed by atoms with Gasteiger partial charge in [0, 0.05) is 48.6 Å². The molecule has 2 aromatic heterocycles. The second-order valence-corrected chi connectivity index (χ2v) is 10.9. The summed E-state index contributed by atoms with van der Waals surface area (Å²) >= 11 is 13.7. The molecule has 2 aliphatic rings. The van der Waals surface area contributed by atoms with Gasteiger partial charge in [0.15, 0.2) is 0 Å². The molecule has 202 valence electrons. The number of fused-ring (bicyclic) bond motifs is 2. The average molecular weight is 566 g/mol. The lowest BCUT2D eigenvalue weighted by molar-refractivity contribution is 0.0292. The molecule has 39 heavy (non-hydrogen) atoms. The van der Waals surface area contributed by atoms with Gasteiger partial charge in [-0.2, -0.15) is 0 Å². The summed E-state index contributed by atoms with van der Waals surface area (Å²) in [6, 6.07) is 13.7. The fraction of sp³-hybridized carbons (Fsp3) is 0.333. The van der Waals surface area contributed by atoms with Crippen molar-refractivity contribution in [3.63, 3.8) is 0 Å². The van der Waals surface area contributed by atoms with E-state index in [0.29, 0.717) is 46.6 Å². The van der Waals surface area contributed by atoms with E-state index in [0.717, 1.165) is 46.4 Å². The number of aryl methyl sites for hydroxylation is 1. The third kappa shape index (κ3) is 4.78. The summed E-state index contributed by atoms with van der Waals surface area (Å²) in [5.41, 5.74) is 5.19. The molecule has 2 aromatic carbocycles. The van der Waals surface area contributed by atoms with Crippen LogP contribution in [-0.4, -0.2) is 42.5 Å². The van der Waals surface area contributed by atoms with Crippen LogP contribution in [0.2, 0.25) is 10.0 Å². The van der Waals surface area contributed by atoms with Crippen molar-refractivity contribution in [1.29, 1.82) is 0 Å². The third-order valence-electron chi connectivity index (χ3n) is 7.70. The molecule has 7 nitrogen and oxygen atoms in total. The van der Waals surface area contributed by atoms with Gasteiger partial charge in [-0.3, -0.25) is 4.79 Å². The number of pyridine rings is 1. The fourth-order valence-corrected chi connectivity index (χ4v) is 6.16. The minimum atomic E-state index is -0.244. The number of aromatic nitrogens is 1. The first kappa shape index (κ1) is 26.1. The summed E-state index contributed by atoms with van der Waals surface area (Å²) < 4.78 is 17.9. The quantitative estimate of drug-likeness (QED) is 0.277. The van der Waals surface area contributed by atoms with E-state index in [-0.39, 0.29) is 24.5 Å². The van der Waals surface area contributed by atoms with E-state index in [1.165, 1.54) is 0 Å². The lowest BCUT2D eigenvalue weighted by Crippen LogP contribution is -2.46. The summed E-state index contributed by atoms with van der Waals surface area (Å²) in [6.45, 7) is 4.67. The van der Waals surface area contributed by atoms with Gasteiger partial charge in [0.2, 0.25) is 5.88 Å². The monoisotopic (exact) mass is 565 g/mol. The van der Waals surface area contributed by atoms with Gasteiger partial charge in [-0.05, 0) is 36.6 Å². The molecule has 1 atom stereocenters. The number of methoxy groups -OCH3 is 1. The molecule has 0 radical (unpaired) electrons. The zero-order valence-electron chi connectivity index (χ0n) is 21.8. The van der Waals surface area contributed by atoms with E-state index in [1.54, 1.807) is 18.3 Å². The number of nitrogens with one attached hydrogen (secondary N) is 1. The first-order chi connectivity index (χ1) is 19.0. The van der Waals surface area contributed by atoms with E-state index in [9.17, 15) is 4.79 Å². The summed E-state index contributed by atoms with van der Waals surface area (Å²) in [4.78, 5) is 20.5. The standard InChI is InChI=1S/C30H29Cl2N3O4/c1-17-20-9-11-38-28(20)23(29(34-17)39-16-18-6-4-3-5-7-18)15-35-10-8-21-24(31)12-22(26(32)25(21)30(35)36)27(37-2)19-13-33-14-19/h3-7,9,11-12,19,27,33H,8,10,13-16H2,1-2H3. The van der Waals surface area contributed by atoms with Crippen molar-refractivity contribution in [3.05, 3.63) is 92.3 Å². The molecule has 1 amide bonds. The van der Waals surface area contributed by atoms with Gasteiger partial charge in [0.1, 0.15) is 12.2 Å². The molecular weight excluding hydrogens is 537 g/mol. The highest BCUT2D eigenvalue weighted by Crippen LogP contribution is 2.42. The molecule has 1 N–H and O–H groups in total. The first-order valence-corrected chi connectivity index (χ1v) is 13.8. The highest BCUT2D eigenvalue weighted by atomic mass is 35.5. The van der Waals surface area contributed by atoms with Crippen LogP contribution in [0.15, 0.2) is 53.1 Å². The molecule has 0 saturated carbocycles. The second kappa shape index (κ2) is 10.8. The number of ether oxygens (including phenoxy) is 2. The molecular formula is C30H29Cl2N3O4. The van der Waals surface area contributed by atoms with Crippen LogP contribution in [0.4, 0.5) is 0 Å². The number of hydrogen-bond acceptors (Lipinski definition) is 6. The van der Waals surface area contributed by atoms with E-state index < -0.39 is 0 Å². The number of carbonyl (C=O) groups is 1. The van der Waals surface area contributed by atoms with Crippen molar-refractivity contribution < 1.29 is 18.7 Å². The zero-order chi connectivity index (χ0) is 27.1. The van der Waals surface area contributed by atoms with Gasteiger partial charge in [-0.15, -0.1) is 0 Å². The Morgan fingerprint density at radius 2 is 2.00 bits per heavy atom. The molecule has 4 heterocycles. The summed E-state index contributed by atoms with van der Waals surface area (Å²) in [7, 11) is 1.66. The number of furan rings is 1. The molecule has 0 aliphatic carbocycles. The minimum Gasteiger partial charge on any atom is -0.472 e. The summed E-state index contributed by atoms with van der Waals surface area (Å²) in [5, 5.41) is 5.12. The van der Waals surface area contributed by atoms with Crippen molar-refractivity contribution in [3.8, 4) is 5.88 Å². The predicted molar refractivity (Wildman–Crippen MR) is 151 cm³/mol. The Kier molecular flexibility index (Phi) is 7.25. The number of rotatable bonds is 8. The summed E-state index contributed by atoms with van der Waals surface area (Å²) in [6.07, 6.45) is 1.98. The number of nitrogens with zero attached hydrogens (tertiary/aromatic N) is 2. The third-order valence-corrected chi connectivity index (χ3v) is 8.45. The van der Waals surface area contributed by atoms with Crippen LogP contribution in [0.25, 0.3) is 11.0 Å². The molecule has 1 fully saturated rings. The van der Waals surface area contributed by atoms with Gasteiger partial charge in [-0.25, -0.2) is 4.98 Å². The Bertz CT molecular complexity index is 1530. The Balaban J connectivity index is 1.35. The first-order valence-electron chi connectivity index (χ1n) is 13.0. The van der Waals surface area contributed by atoms with Crippen LogP contribution < -0.4 is 10.1 Å². The Morgan fingerprint density at radius 1 is 1.21 bits per heavy atom. The lowest BCUT2D eigenvalue weighted by Gasteiger charge is -2.36. The smallest absolute Gasteiger partial charge is 0.256 e. The Hall–Kier alpha value is -3.10. The molecule has 0 spiro atoms. The highest BCUT2D eigenvalue weighted by Gasteiger charge is 2.36. The van der Waals surface area contributed by atoms with E-state index in [4.69, 9.17) is 42.1 Å². The van der Waals surface area contributed by atoms with Gasteiger partial charge < -0.3 is 24.1 Å². The van der Waals surface area contributed by atoms with Crippen molar-refractivity contribution >= 4 is 40.1 Å². The van der Waals surface area contributed by atoms with Gasteiger partial charge in [-0.1, -0.05) is 53.5 Å². The molecule has 1 unspecified atom stereocenters. The van der Waals surface area contributed by atoms with Gasteiger partial charge in [0.25, 0.3) is 5.91 Å². The van der Waals surface area contributed by atoms with Crippen LogP contribution >= 0.6 is 23.2 Å². The maximum Gasteiger partial charge on any atom is 0.256 e. The largest absolute Gasteiger partial charge is 0.472 e. The summed E-state index contributed by atoms with van der Waals surface area (Å²) in [5.74, 6) is 0.541. The molecule has 1 saturated heterocycles. The predicted octanol–water partition coefficient (Wildman–Crippen LogP) is 6.13. The van der Waals surface area contributed by atoms with Crippen LogP contribution in [0, 0.1) is 12.8 Å². The van der Waals surface area contributed by atoms with Gasteiger partial charge in [0.05, 0.1) is 40.8 Å². The number of carbonyl (C=O) groups excluding carboxylic acids is 1.